The number of phenols is 1. The van der Waals surface area contributed by atoms with Crippen molar-refractivity contribution < 1.29 is 33.4 Å². The van der Waals surface area contributed by atoms with Crippen LogP contribution in [-0.4, -0.2) is 69.3 Å². The van der Waals surface area contributed by atoms with Crippen molar-refractivity contribution in [1.82, 2.24) is 14.8 Å². The lowest BCUT2D eigenvalue weighted by Crippen LogP contribution is -2.53. The molecule has 3 aliphatic heterocycles. The molecule has 0 radical (unpaired) electrons. The molecule has 0 spiro atoms. The fraction of sp³-hybridized carbons (Fsp3) is 0.348. The number of piperidine rings is 1. The highest BCUT2D eigenvalue weighted by molar-refractivity contribution is 6.30. The van der Waals surface area contributed by atoms with E-state index in [1.807, 2.05) is 24.3 Å². The monoisotopic (exact) mass is 802 g/mol. The molecule has 2 N–H and O–H groups in total. The van der Waals surface area contributed by atoms with Crippen molar-refractivity contribution in [3.63, 3.8) is 0 Å². The summed E-state index contributed by atoms with van der Waals surface area (Å²) < 4.78 is 19.8. The standard InChI is InChI=1S/C46H44ClFN4O6/c1-2-58-39-24-28(8-19-38(39)53)41-34-17-18-35-40(44(56)51(42(35)54)33-20-22-50(23-21-33)26-27-6-4-3-5-7-27)36(34)25-37-43(55)52(49-32-15-13-31(48)14-16-32)45(57)46(37,41)29-9-11-30(47)12-10-29/h3-17,19,24,33,35-37,40-41,49,53H,2,18,20-23,25-26H2,1H3. The zero-order valence-electron chi connectivity index (χ0n) is 32.0. The molecule has 0 aromatic heterocycles. The first-order chi connectivity index (χ1) is 28.1. The topological polar surface area (TPSA) is 119 Å². The molecule has 0 bridgehead atoms. The molecule has 2 aliphatic carbocycles. The minimum Gasteiger partial charge on any atom is -0.504 e. The predicted octanol–water partition coefficient (Wildman–Crippen LogP) is 7.23. The maximum atomic E-state index is 15.4. The Balaban J connectivity index is 1.12. The van der Waals surface area contributed by atoms with Gasteiger partial charge in [-0.05, 0) is 104 Å². The van der Waals surface area contributed by atoms with E-state index >= 15 is 4.79 Å². The molecule has 4 amide bonds. The Hall–Kier alpha value is -5.52. The van der Waals surface area contributed by atoms with Crippen LogP contribution in [0.1, 0.15) is 55.2 Å². The van der Waals surface area contributed by atoms with Gasteiger partial charge in [0.15, 0.2) is 11.5 Å². The SMILES string of the molecule is CCOc1cc(C2C3=CCC4C(=O)N(C5CCN(Cc6ccccc6)CC5)C(=O)C4C3CC3C(=O)N(Nc4ccc(F)cc4)C(=O)C32c2ccc(Cl)cc2)ccc1O. The van der Waals surface area contributed by atoms with E-state index in [4.69, 9.17) is 16.3 Å². The Bertz CT molecular complexity index is 2300. The number of hydrogen-bond donors (Lipinski definition) is 2. The summed E-state index contributed by atoms with van der Waals surface area (Å²) in [7, 11) is 0. The zero-order chi connectivity index (χ0) is 40.3. The number of carbonyl (C=O) groups excluding carboxylic acids is 4. The minimum absolute atomic E-state index is 0.0804. The molecule has 6 atom stereocenters. The van der Waals surface area contributed by atoms with Gasteiger partial charge in [0.25, 0.3) is 11.8 Å². The van der Waals surface area contributed by atoms with E-state index < -0.39 is 52.6 Å². The Labute approximate surface area is 341 Å². The van der Waals surface area contributed by atoms with Crippen LogP contribution in [0, 0.1) is 29.5 Å². The molecule has 3 heterocycles. The molecular formula is C46H44ClFN4O6. The Morgan fingerprint density at radius 3 is 2.31 bits per heavy atom. The van der Waals surface area contributed by atoms with Crippen LogP contribution in [-0.2, 0) is 31.1 Å². The molecule has 58 heavy (non-hydrogen) atoms. The number of amides is 4. The second-order valence-corrected chi connectivity index (χ2v) is 16.5. The van der Waals surface area contributed by atoms with E-state index in [0.29, 0.717) is 41.1 Å². The molecule has 3 saturated heterocycles. The first kappa shape index (κ1) is 38.0. The lowest BCUT2D eigenvalue weighted by atomic mass is 9.49. The maximum absolute atomic E-state index is 15.4. The fourth-order valence-electron chi connectivity index (χ4n) is 10.6. The smallest absolute Gasteiger partial charge is 0.260 e. The Morgan fingerprint density at radius 1 is 0.879 bits per heavy atom. The quantitative estimate of drug-likeness (QED) is 0.135. The number of anilines is 1. The third kappa shape index (κ3) is 6.17. The minimum atomic E-state index is -1.54. The number of hydrogen-bond acceptors (Lipinski definition) is 8. The third-order valence-electron chi connectivity index (χ3n) is 13.1. The average molecular weight is 803 g/mol. The van der Waals surface area contributed by atoms with Crippen LogP contribution in [0.5, 0.6) is 11.5 Å². The molecule has 4 aromatic rings. The van der Waals surface area contributed by atoms with Crippen LogP contribution >= 0.6 is 11.6 Å². The fourth-order valence-corrected chi connectivity index (χ4v) is 10.7. The van der Waals surface area contributed by atoms with Crippen molar-refractivity contribution >= 4 is 40.9 Å². The van der Waals surface area contributed by atoms with Gasteiger partial charge in [-0.25, -0.2) is 4.39 Å². The number of carbonyl (C=O) groups is 4. The van der Waals surface area contributed by atoms with Crippen LogP contribution in [0.4, 0.5) is 10.1 Å². The van der Waals surface area contributed by atoms with Gasteiger partial charge in [0.05, 0.1) is 35.5 Å². The van der Waals surface area contributed by atoms with E-state index in [9.17, 15) is 23.9 Å². The average Bonchev–Trinajstić information content (AvgIpc) is 3.61. The molecular weight excluding hydrogens is 759 g/mol. The highest BCUT2D eigenvalue weighted by Gasteiger charge is 2.70. The van der Waals surface area contributed by atoms with Gasteiger partial charge in [-0.3, -0.25) is 34.4 Å². The van der Waals surface area contributed by atoms with Crippen LogP contribution in [0.25, 0.3) is 0 Å². The molecule has 12 heteroatoms. The summed E-state index contributed by atoms with van der Waals surface area (Å²) in [5, 5.41) is 12.3. The van der Waals surface area contributed by atoms with Crippen molar-refractivity contribution in [2.75, 3.05) is 25.1 Å². The number of benzene rings is 4. The van der Waals surface area contributed by atoms with E-state index in [1.54, 1.807) is 43.3 Å². The van der Waals surface area contributed by atoms with Crippen molar-refractivity contribution in [3.05, 3.63) is 136 Å². The van der Waals surface area contributed by atoms with Crippen LogP contribution in [0.15, 0.2) is 109 Å². The van der Waals surface area contributed by atoms with Crippen LogP contribution < -0.4 is 10.2 Å². The van der Waals surface area contributed by atoms with E-state index in [2.05, 4.69) is 22.5 Å². The summed E-state index contributed by atoms with van der Waals surface area (Å²) in [4.78, 5) is 63.5. The summed E-state index contributed by atoms with van der Waals surface area (Å²) in [5.74, 6) is -5.39. The van der Waals surface area contributed by atoms with Crippen molar-refractivity contribution in [2.24, 2.45) is 23.7 Å². The van der Waals surface area contributed by atoms with E-state index in [-0.39, 0.29) is 42.4 Å². The number of imide groups is 2. The highest BCUT2D eigenvalue weighted by Crippen LogP contribution is 2.64. The first-order valence-electron chi connectivity index (χ1n) is 20.1. The molecule has 298 valence electrons. The van der Waals surface area contributed by atoms with Crippen molar-refractivity contribution in [3.8, 4) is 11.5 Å². The second kappa shape index (κ2) is 15.0. The van der Waals surface area contributed by atoms with Gasteiger partial charge in [0.2, 0.25) is 11.8 Å². The number of aromatic hydroxyl groups is 1. The molecule has 1 saturated carbocycles. The van der Waals surface area contributed by atoms with Gasteiger partial charge in [-0.2, -0.15) is 5.01 Å². The van der Waals surface area contributed by atoms with Gasteiger partial charge in [0, 0.05) is 36.6 Å². The summed E-state index contributed by atoms with van der Waals surface area (Å²) >= 11 is 6.42. The largest absolute Gasteiger partial charge is 0.504 e. The van der Waals surface area contributed by atoms with Gasteiger partial charge in [-0.1, -0.05) is 71.8 Å². The zero-order valence-corrected chi connectivity index (χ0v) is 32.8. The van der Waals surface area contributed by atoms with E-state index in [0.717, 1.165) is 30.2 Å². The third-order valence-corrected chi connectivity index (χ3v) is 13.3. The Kier molecular flexibility index (Phi) is 9.84. The lowest BCUT2D eigenvalue weighted by Gasteiger charge is -2.50. The number of hydrazine groups is 1. The van der Waals surface area contributed by atoms with Gasteiger partial charge in [0.1, 0.15) is 5.82 Å². The van der Waals surface area contributed by atoms with Crippen molar-refractivity contribution in [2.45, 2.75) is 56.5 Å². The number of likely N-dealkylation sites (tertiary alicyclic amines) is 2. The number of allylic oxidation sites excluding steroid dienone is 2. The summed E-state index contributed by atoms with van der Waals surface area (Å²) in [5.41, 5.74) is 4.96. The predicted molar refractivity (Wildman–Crippen MR) is 215 cm³/mol. The van der Waals surface area contributed by atoms with E-state index in [1.165, 1.54) is 40.8 Å². The summed E-state index contributed by atoms with van der Waals surface area (Å²) in [6.45, 7) is 4.38. The normalized spacial score (nSPS) is 27.3. The molecule has 5 aliphatic rings. The first-order valence-corrected chi connectivity index (χ1v) is 20.4. The number of nitrogens with one attached hydrogen (secondary N) is 1. The molecule has 10 nitrogen and oxygen atoms in total. The number of fused-ring (bicyclic) bond motifs is 4. The molecule has 4 aromatic carbocycles. The number of rotatable bonds is 9. The van der Waals surface area contributed by atoms with Crippen LogP contribution in [0.3, 0.4) is 0 Å². The van der Waals surface area contributed by atoms with Crippen molar-refractivity contribution in [1.29, 1.82) is 0 Å². The summed E-state index contributed by atoms with van der Waals surface area (Å²) in [6.07, 6.45) is 3.80. The van der Waals surface area contributed by atoms with Crippen LogP contribution in [0.2, 0.25) is 5.02 Å². The maximum Gasteiger partial charge on any atom is 0.260 e. The number of ether oxygens (including phenoxy) is 1. The number of nitrogens with zero attached hydrogens (tertiary/aromatic N) is 3. The number of phenolic OH excluding ortho intramolecular Hbond substituents is 1. The highest BCUT2D eigenvalue weighted by atomic mass is 35.5. The summed E-state index contributed by atoms with van der Waals surface area (Å²) in [6, 6.07) is 27.3. The lowest BCUT2D eigenvalue weighted by molar-refractivity contribution is -0.144. The molecule has 9 rings (SSSR count). The van der Waals surface area contributed by atoms with Gasteiger partial charge >= 0.3 is 0 Å². The molecule has 6 unspecified atom stereocenters. The van der Waals surface area contributed by atoms with Gasteiger partial charge in [-0.15, -0.1) is 0 Å². The number of halogens is 2. The second-order valence-electron chi connectivity index (χ2n) is 16.1. The molecule has 4 fully saturated rings. The van der Waals surface area contributed by atoms with Gasteiger partial charge < -0.3 is 9.84 Å². The Morgan fingerprint density at radius 2 is 1.60 bits per heavy atom.